The molecule has 0 aliphatic carbocycles. The SMILES string of the molecule is [CH2]C1CCN(Cc2cc(Oc3cnc(N4CCN(C)CC4)nc3)nc(-c3cc(Cl)cc(Cl)c3)c2)CC1. The number of pyridine rings is 1. The molecule has 2 saturated heterocycles. The summed E-state index contributed by atoms with van der Waals surface area (Å²) in [6, 6.07) is 9.52. The molecule has 5 rings (SSSR count). The van der Waals surface area contributed by atoms with E-state index in [1.165, 1.54) is 0 Å². The third kappa shape index (κ3) is 6.45. The van der Waals surface area contributed by atoms with E-state index in [4.69, 9.17) is 32.9 Å². The van der Waals surface area contributed by atoms with Crippen LogP contribution in [-0.4, -0.2) is 71.1 Å². The number of piperazine rings is 1. The van der Waals surface area contributed by atoms with Crippen LogP contribution in [0.2, 0.25) is 10.0 Å². The molecule has 2 fully saturated rings. The molecule has 189 valence electrons. The van der Waals surface area contributed by atoms with Gasteiger partial charge in [0, 0.05) is 54.4 Å². The highest BCUT2D eigenvalue weighted by molar-refractivity contribution is 6.35. The van der Waals surface area contributed by atoms with Crippen LogP contribution in [0.15, 0.2) is 42.7 Å². The molecule has 0 amide bonds. The number of hydrogen-bond acceptors (Lipinski definition) is 7. The molecular weight excluding hydrogens is 495 g/mol. The van der Waals surface area contributed by atoms with Crippen molar-refractivity contribution >= 4 is 29.2 Å². The average Bonchev–Trinajstić information content (AvgIpc) is 2.86. The maximum absolute atomic E-state index is 6.28. The average molecular weight is 526 g/mol. The van der Waals surface area contributed by atoms with E-state index in [9.17, 15) is 0 Å². The largest absolute Gasteiger partial charge is 0.436 e. The second-order valence-electron chi connectivity index (χ2n) is 9.69. The first-order valence-electron chi connectivity index (χ1n) is 12.4. The number of likely N-dealkylation sites (N-methyl/N-ethyl adjacent to an activating group) is 1. The second kappa shape index (κ2) is 11.3. The maximum atomic E-state index is 6.28. The van der Waals surface area contributed by atoms with E-state index in [2.05, 4.69) is 44.7 Å². The van der Waals surface area contributed by atoms with Crippen LogP contribution >= 0.6 is 23.2 Å². The second-order valence-corrected chi connectivity index (χ2v) is 10.6. The van der Waals surface area contributed by atoms with Crippen LogP contribution in [-0.2, 0) is 6.54 Å². The number of anilines is 1. The van der Waals surface area contributed by atoms with Gasteiger partial charge in [0.1, 0.15) is 0 Å². The summed E-state index contributed by atoms with van der Waals surface area (Å²) in [4.78, 5) is 20.8. The van der Waals surface area contributed by atoms with Gasteiger partial charge in [-0.2, -0.15) is 0 Å². The fourth-order valence-electron chi connectivity index (χ4n) is 4.61. The number of likely N-dealkylation sites (tertiary alicyclic amines) is 1. The van der Waals surface area contributed by atoms with Crippen molar-refractivity contribution in [2.24, 2.45) is 5.92 Å². The van der Waals surface area contributed by atoms with Gasteiger partial charge in [0.05, 0.1) is 18.1 Å². The number of benzene rings is 1. The van der Waals surface area contributed by atoms with Crippen LogP contribution in [0.5, 0.6) is 11.6 Å². The monoisotopic (exact) mass is 525 g/mol. The fourth-order valence-corrected chi connectivity index (χ4v) is 5.13. The van der Waals surface area contributed by atoms with Gasteiger partial charge in [-0.3, -0.25) is 4.90 Å². The molecule has 9 heteroatoms. The van der Waals surface area contributed by atoms with Gasteiger partial charge in [0.25, 0.3) is 0 Å². The molecule has 0 N–H and O–H groups in total. The summed E-state index contributed by atoms with van der Waals surface area (Å²) >= 11 is 12.6. The zero-order chi connectivity index (χ0) is 25.1. The highest BCUT2D eigenvalue weighted by Crippen LogP contribution is 2.30. The summed E-state index contributed by atoms with van der Waals surface area (Å²) in [5.74, 6) is 2.29. The molecule has 7 nitrogen and oxygen atoms in total. The van der Waals surface area contributed by atoms with Crippen molar-refractivity contribution in [3.05, 3.63) is 65.3 Å². The van der Waals surface area contributed by atoms with E-state index in [1.54, 1.807) is 18.5 Å². The Bertz CT molecular complexity index is 1160. The van der Waals surface area contributed by atoms with Crippen molar-refractivity contribution in [1.29, 1.82) is 0 Å². The first-order valence-corrected chi connectivity index (χ1v) is 13.1. The van der Waals surface area contributed by atoms with E-state index < -0.39 is 0 Å². The molecule has 1 radical (unpaired) electrons. The summed E-state index contributed by atoms with van der Waals surface area (Å²) in [6.45, 7) is 10.9. The van der Waals surface area contributed by atoms with Crippen molar-refractivity contribution in [3.8, 4) is 22.9 Å². The minimum atomic E-state index is 0.488. The molecule has 36 heavy (non-hydrogen) atoms. The van der Waals surface area contributed by atoms with Crippen molar-refractivity contribution in [1.82, 2.24) is 24.8 Å². The van der Waals surface area contributed by atoms with E-state index in [0.29, 0.717) is 27.6 Å². The minimum absolute atomic E-state index is 0.488. The lowest BCUT2D eigenvalue weighted by Crippen LogP contribution is -2.45. The van der Waals surface area contributed by atoms with Gasteiger partial charge in [-0.1, -0.05) is 30.1 Å². The Morgan fingerprint density at radius 2 is 1.58 bits per heavy atom. The lowest BCUT2D eigenvalue weighted by Gasteiger charge is -2.32. The Labute approximate surface area is 223 Å². The van der Waals surface area contributed by atoms with Crippen LogP contribution in [0.25, 0.3) is 11.3 Å². The van der Waals surface area contributed by atoms with Crippen LogP contribution in [0.4, 0.5) is 5.95 Å². The van der Waals surface area contributed by atoms with Gasteiger partial charge >= 0.3 is 0 Å². The van der Waals surface area contributed by atoms with E-state index >= 15 is 0 Å². The maximum Gasteiger partial charge on any atom is 0.225 e. The summed E-state index contributed by atoms with van der Waals surface area (Å²) in [5.41, 5.74) is 2.72. The Hall–Kier alpha value is -2.45. The number of hydrogen-bond donors (Lipinski definition) is 0. The van der Waals surface area contributed by atoms with Gasteiger partial charge in [-0.25, -0.2) is 15.0 Å². The van der Waals surface area contributed by atoms with Gasteiger partial charge in [0.15, 0.2) is 5.75 Å². The normalized spacial score (nSPS) is 17.9. The Kier molecular flexibility index (Phi) is 7.91. The Morgan fingerprint density at radius 3 is 2.25 bits per heavy atom. The molecule has 0 unspecified atom stereocenters. The van der Waals surface area contributed by atoms with Gasteiger partial charge in [0.2, 0.25) is 11.8 Å². The van der Waals surface area contributed by atoms with E-state index in [-0.39, 0.29) is 0 Å². The molecule has 2 aliphatic rings. The van der Waals surface area contributed by atoms with Crippen molar-refractivity contribution in [2.75, 3.05) is 51.2 Å². The summed E-state index contributed by atoms with van der Waals surface area (Å²) in [7, 11) is 2.13. The van der Waals surface area contributed by atoms with Crippen molar-refractivity contribution in [2.45, 2.75) is 19.4 Å². The third-order valence-electron chi connectivity index (χ3n) is 6.76. The number of ether oxygens (including phenoxy) is 1. The lowest BCUT2D eigenvalue weighted by atomic mass is 9.99. The van der Waals surface area contributed by atoms with E-state index in [0.717, 1.165) is 81.4 Å². The van der Waals surface area contributed by atoms with Crippen molar-refractivity contribution in [3.63, 3.8) is 0 Å². The van der Waals surface area contributed by atoms with Crippen LogP contribution < -0.4 is 9.64 Å². The Morgan fingerprint density at radius 1 is 0.917 bits per heavy atom. The fraction of sp³-hybridized carbons (Fsp3) is 0.407. The van der Waals surface area contributed by atoms with Gasteiger partial charge in [-0.05, 0) is 68.7 Å². The molecular formula is C27H31Cl2N6O. The predicted molar refractivity (Wildman–Crippen MR) is 145 cm³/mol. The highest BCUT2D eigenvalue weighted by atomic mass is 35.5. The van der Waals surface area contributed by atoms with Gasteiger partial charge in [-0.15, -0.1) is 0 Å². The molecule has 2 aromatic heterocycles. The number of piperidine rings is 1. The highest BCUT2D eigenvalue weighted by Gasteiger charge is 2.19. The smallest absolute Gasteiger partial charge is 0.225 e. The van der Waals surface area contributed by atoms with Gasteiger partial charge < -0.3 is 14.5 Å². The number of halogens is 2. The lowest BCUT2D eigenvalue weighted by molar-refractivity contribution is 0.194. The summed E-state index contributed by atoms with van der Waals surface area (Å²) in [6.07, 6.45) is 5.65. The van der Waals surface area contributed by atoms with Crippen LogP contribution in [0.3, 0.4) is 0 Å². The van der Waals surface area contributed by atoms with Crippen molar-refractivity contribution < 1.29 is 4.74 Å². The third-order valence-corrected chi connectivity index (χ3v) is 7.19. The summed E-state index contributed by atoms with van der Waals surface area (Å²) < 4.78 is 6.15. The number of rotatable bonds is 6. The number of aromatic nitrogens is 3. The molecule has 1 aromatic carbocycles. The Balaban J connectivity index is 1.38. The first kappa shape index (κ1) is 25.2. The first-order chi connectivity index (χ1) is 17.4. The zero-order valence-corrected chi connectivity index (χ0v) is 22.0. The molecule has 0 bridgehead atoms. The summed E-state index contributed by atoms with van der Waals surface area (Å²) in [5, 5.41) is 1.13. The van der Waals surface area contributed by atoms with E-state index in [1.807, 2.05) is 18.2 Å². The molecule has 4 heterocycles. The minimum Gasteiger partial charge on any atom is -0.436 e. The molecule has 3 aromatic rings. The molecule has 0 spiro atoms. The zero-order valence-electron chi connectivity index (χ0n) is 20.5. The molecule has 0 atom stereocenters. The van der Waals surface area contributed by atoms with Crippen LogP contribution in [0, 0.1) is 12.8 Å². The predicted octanol–water partition coefficient (Wildman–Crippen LogP) is 5.44. The molecule has 0 saturated carbocycles. The van der Waals surface area contributed by atoms with Crippen LogP contribution in [0.1, 0.15) is 18.4 Å². The molecule has 2 aliphatic heterocycles. The number of nitrogens with zero attached hydrogens (tertiary/aromatic N) is 6. The topological polar surface area (TPSA) is 57.6 Å². The standard InChI is InChI=1S/C27H31Cl2N6O/c1-19-3-5-34(6-4-19)18-20-11-25(21-13-22(28)15-23(29)14-21)32-26(12-20)36-24-16-30-27(31-17-24)35-9-7-33(2)8-10-35/h11-17,19H,1,3-10,18H2,2H3. The quantitative estimate of drug-likeness (QED) is 0.424.